The molecule has 0 spiro atoms. The number of imide groups is 1. The molecular formula is C38H57NO6. The van der Waals surface area contributed by atoms with E-state index in [1.807, 2.05) is 0 Å². The molecule has 0 bridgehead atoms. The Kier molecular flexibility index (Phi) is 7.76. The summed E-state index contributed by atoms with van der Waals surface area (Å²) < 4.78 is 6.01. The van der Waals surface area contributed by atoms with Crippen molar-refractivity contribution in [2.45, 2.75) is 144 Å². The first kappa shape index (κ1) is 32.7. The molecule has 0 radical (unpaired) electrons. The number of likely N-dealkylation sites (tertiary alicyclic amines) is 1. The number of rotatable bonds is 6. The highest BCUT2D eigenvalue weighted by molar-refractivity contribution is 6.02. The van der Waals surface area contributed by atoms with Gasteiger partial charge in [-0.05, 0) is 109 Å². The highest BCUT2D eigenvalue weighted by Gasteiger charge is 2.68. The van der Waals surface area contributed by atoms with Crippen molar-refractivity contribution in [1.29, 1.82) is 0 Å². The van der Waals surface area contributed by atoms with E-state index >= 15 is 0 Å². The van der Waals surface area contributed by atoms with Crippen molar-refractivity contribution >= 4 is 23.8 Å². The summed E-state index contributed by atoms with van der Waals surface area (Å²) in [4.78, 5) is 51.0. The topological polar surface area (TPSA) is 101 Å². The number of amides is 2. The number of carboxylic acids is 1. The van der Waals surface area contributed by atoms with E-state index in [9.17, 15) is 19.2 Å². The molecule has 0 aromatic rings. The summed E-state index contributed by atoms with van der Waals surface area (Å²) in [5.74, 6) is 0.00290. The molecule has 0 aromatic heterocycles. The molecule has 7 heteroatoms. The smallest absolute Gasteiger partial charge is 0.306 e. The van der Waals surface area contributed by atoms with Crippen LogP contribution in [-0.4, -0.2) is 46.4 Å². The molecule has 1 saturated heterocycles. The van der Waals surface area contributed by atoms with Crippen LogP contribution in [0.1, 0.15) is 138 Å². The average molecular weight is 624 g/mol. The number of hydrogen-bond donors (Lipinski definition) is 1. The number of nitrogens with zero attached hydrogens (tertiary/aromatic N) is 1. The van der Waals surface area contributed by atoms with E-state index in [4.69, 9.17) is 9.84 Å². The van der Waals surface area contributed by atoms with E-state index in [0.29, 0.717) is 37.1 Å². The summed E-state index contributed by atoms with van der Waals surface area (Å²) in [6.07, 6.45) is 13.5. The van der Waals surface area contributed by atoms with Crippen molar-refractivity contribution in [3.8, 4) is 0 Å². The minimum absolute atomic E-state index is 0.0213. The van der Waals surface area contributed by atoms with Crippen LogP contribution in [0, 0.1) is 50.2 Å². The second kappa shape index (κ2) is 10.7. The first-order valence-electron chi connectivity index (χ1n) is 17.8. The van der Waals surface area contributed by atoms with E-state index in [-0.39, 0.29) is 63.2 Å². The first-order valence-corrected chi connectivity index (χ1v) is 17.8. The molecule has 250 valence electrons. The van der Waals surface area contributed by atoms with Crippen molar-refractivity contribution < 1.29 is 29.0 Å². The summed E-state index contributed by atoms with van der Waals surface area (Å²) in [7, 11) is 0. The minimum atomic E-state index is -0.970. The van der Waals surface area contributed by atoms with Gasteiger partial charge in [-0.15, -0.1) is 0 Å². The molecule has 45 heavy (non-hydrogen) atoms. The van der Waals surface area contributed by atoms with Crippen molar-refractivity contribution in [2.75, 3.05) is 6.54 Å². The van der Waals surface area contributed by atoms with E-state index < -0.39 is 11.9 Å². The van der Waals surface area contributed by atoms with Crippen LogP contribution >= 0.6 is 0 Å². The van der Waals surface area contributed by atoms with Crippen molar-refractivity contribution in [2.24, 2.45) is 50.2 Å². The van der Waals surface area contributed by atoms with Crippen LogP contribution in [0.25, 0.3) is 0 Å². The summed E-state index contributed by atoms with van der Waals surface area (Å²) in [5.41, 5.74) is 1.96. The first-order chi connectivity index (χ1) is 20.9. The number of carbonyl (C=O) groups is 4. The average Bonchev–Trinajstić information content (AvgIpc) is 3.26. The molecule has 5 aliphatic carbocycles. The predicted octanol–water partition coefficient (Wildman–Crippen LogP) is 7.71. The molecule has 1 aliphatic heterocycles. The zero-order valence-corrected chi connectivity index (χ0v) is 28.9. The summed E-state index contributed by atoms with van der Waals surface area (Å²) >= 11 is 0. The van der Waals surface area contributed by atoms with Gasteiger partial charge in [0, 0.05) is 24.8 Å². The lowest BCUT2D eigenvalue weighted by Gasteiger charge is -2.71. The van der Waals surface area contributed by atoms with Crippen molar-refractivity contribution in [3.63, 3.8) is 0 Å². The largest absolute Gasteiger partial charge is 0.481 e. The molecule has 1 heterocycles. The van der Waals surface area contributed by atoms with Crippen LogP contribution < -0.4 is 0 Å². The molecule has 1 N–H and O–H groups in total. The third-order valence-corrected chi connectivity index (χ3v) is 15.2. The number of hydrogen-bond acceptors (Lipinski definition) is 5. The Labute approximate surface area is 270 Å². The number of fused-ring (bicyclic) bond motifs is 7. The summed E-state index contributed by atoms with van der Waals surface area (Å²) in [5, 5.41) is 9.04. The van der Waals surface area contributed by atoms with Crippen LogP contribution in [0.5, 0.6) is 0 Å². The second-order valence-electron chi connectivity index (χ2n) is 18.2. The monoisotopic (exact) mass is 623 g/mol. The van der Waals surface area contributed by atoms with Crippen molar-refractivity contribution in [3.05, 3.63) is 11.6 Å². The number of aliphatic carboxylic acids is 1. The fourth-order valence-electron chi connectivity index (χ4n) is 12.4. The van der Waals surface area contributed by atoms with E-state index in [1.54, 1.807) is 10.5 Å². The molecule has 6 aliphatic rings. The van der Waals surface area contributed by atoms with Crippen LogP contribution in [0.2, 0.25) is 0 Å². The number of carboxylic acid groups (broad SMARTS) is 1. The number of allylic oxidation sites excluding steroid dienone is 2. The van der Waals surface area contributed by atoms with Gasteiger partial charge in [-0.25, -0.2) is 0 Å². The zero-order valence-electron chi connectivity index (χ0n) is 28.9. The lowest BCUT2D eigenvalue weighted by atomic mass is 9.33. The van der Waals surface area contributed by atoms with Gasteiger partial charge in [-0.1, -0.05) is 60.1 Å². The van der Waals surface area contributed by atoms with Gasteiger partial charge in [0.2, 0.25) is 11.8 Å². The maximum absolute atomic E-state index is 12.8. The highest BCUT2D eigenvalue weighted by atomic mass is 16.5. The van der Waals surface area contributed by atoms with Gasteiger partial charge in [0.1, 0.15) is 6.10 Å². The molecule has 8 atom stereocenters. The Morgan fingerprint density at radius 3 is 2.20 bits per heavy atom. The normalized spacial score (nSPS) is 43.4. The maximum atomic E-state index is 12.8. The molecule has 2 amide bonds. The van der Waals surface area contributed by atoms with Crippen LogP contribution in [-0.2, 0) is 23.9 Å². The van der Waals surface area contributed by atoms with Crippen LogP contribution in [0.4, 0.5) is 0 Å². The van der Waals surface area contributed by atoms with Gasteiger partial charge in [-0.2, -0.15) is 0 Å². The van der Waals surface area contributed by atoms with Crippen molar-refractivity contribution in [1.82, 2.24) is 4.90 Å². The quantitative estimate of drug-likeness (QED) is 0.185. The van der Waals surface area contributed by atoms with Gasteiger partial charge in [0.25, 0.3) is 0 Å². The molecule has 0 aromatic carbocycles. The minimum Gasteiger partial charge on any atom is -0.481 e. The lowest BCUT2D eigenvalue weighted by molar-refractivity contribution is -0.213. The SMILES string of the molecule is CC1(C)CC[C@]2(CN3C(=O)CCC3=O)CC[C@]3(C)C(=CCC4[C@@]5(C)CC[C@H](OC(=O)CCC(=O)O)C(C)(C)C5CC[C@]43C)C2C1. The van der Waals surface area contributed by atoms with Gasteiger partial charge in [0.05, 0.1) is 12.8 Å². The van der Waals surface area contributed by atoms with Crippen LogP contribution in [0.15, 0.2) is 11.6 Å². The Balaban J connectivity index is 1.31. The lowest BCUT2D eigenvalue weighted by Crippen LogP contribution is -2.65. The second-order valence-corrected chi connectivity index (χ2v) is 18.2. The number of ether oxygens (including phenoxy) is 1. The Hall–Kier alpha value is -2.18. The van der Waals surface area contributed by atoms with E-state index in [2.05, 4.69) is 54.5 Å². The summed E-state index contributed by atoms with van der Waals surface area (Å²) in [6.45, 7) is 17.6. The third kappa shape index (κ3) is 4.94. The predicted molar refractivity (Wildman–Crippen MR) is 172 cm³/mol. The van der Waals surface area contributed by atoms with Gasteiger partial charge in [-0.3, -0.25) is 24.1 Å². The van der Waals surface area contributed by atoms with E-state index in [0.717, 1.165) is 64.2 Å². The molecule has 4 saturated carbocycles. The summed E-state index contributed by atoms with van der Waals surface area (Å²) in [6, 6.07) is 0. The molecule has 7 nitrogen and oxygen atoms in total. The molecule has 5 fully saturated rings. The molecular weight excluding hydrogens is 566 g/mol. The van der Waals surface area contributed by atoms with Gasteiger partial charge < -0.3 is 9.84 Å². The van der Waals surface area contributed by atoms with Gasteiger partial charge >= 0.3 is 11.9 Å². The fourth-order valence-corrected chi connectivity index (χ4v) is 12.4. The fraction of sp³-hybridized carbons (Fsp3) is 0.842. The maximum Gasteiger partial charge on any atom is 0.306 e. The number of esters is 1. The molecule has 3 unspecified atom stereocenters. The van der Waals surface area contributed by atoms with E-state index in [1.165, 1.54) is 0 Å². The zero-order chi connectivity index (χ0) is 32.8. The highest BCUT2D eigenvalue weighted by Crippen LogP contribution is 2.76. The van der Waals surface area contributed by atoms with Gasteiger partial charge in [0.15, 0.2) is 0 Å². The number of carbonyl (C=O) groups excluding carboxylic acids is 3. The molecule has 6 rings (SSSR count). The Bertz CT molecular complexity index is 1300. The standard InChI is InChI=1S/C38H57NO6/c1-33(2)18-20-38(23-39-29(40)10-11-30(39)41)21-19-36(6)24(25(38)22-33)8-9-27-35(5)16-15-28(45-32(44)13-12-31(42)43)34(3,4)26(35)14-17-37(27,36)7/h8,25-28H,9-23H2,1-7H3,(H,42,43)/t25?,26?,27?,28-,35-,36+,37+,38+/m0/s1. The Morgan fingerprint density at radius 2 is 1.53 bits per heavy atom. The Morgan fingerprint density at radius 1 is 0.867 bits per heavy atom. The van der Waals surface area contributed by atoms with Crippen LogP contribution in [0.3, 0.4) is 0 Å². The third-order valence-electron chi connectivity index (χ3n) is 15.2.